The lowest BCUT2D eigenvalue weighted by Gasteiger charge is -2.16. The van der Waals surface area contributed by atoms with E-state index < -0.39 is 0 Å². The smallest absolute Gasteiger partial charge is 0.151 e. The van der Waals surface area contributed by atoms with Gasteiger partial charge in [0.15, 0.2) is 5.82 Å². The molecular formula is C12H19N3O. The average molecular weight is 221 g/mol. The Morgan fingerprint density at radius 2 is 1.88 bits per heavy atom. The number of nitrogens with two attached hydrogens (primary N) is 1. The average Bonchev–Trinajstić information content (AvgIpc) is 2.75. The van der Waals surface area contributed by atoms with Crippen LogP contribution in [0.2, 0.25) is 0 Å². The molecule has 1 aliphatic carbocycles. The molecule has 0 amide bonds. The highest BCUT2D eigenvalue weighted by molar-refractivity contribution is 5.43. The molecule has 1 aliphatic heterocycles. The summed E-state index contributed by atoms with van der Waals surface area (Å²) in [5, 5.41) is 4.51. The van der Waals surface area contributed by atoms with Gasteiger partial charge in [0.2, 0.25) is 0 Å². The lowest BCUT2D eigenvalue weighted by Crippen LogP contribution is -2.13. The number of nitrogens with zero attached hydrogens (tertiary/aromatic N) is 2. The maximum absolute atomic E-state index is 5.93. The van der Waals surface area contributed by atoms with Crippen LogP contribution in [0.25, 0.3) is 0 Å². The fraction of sp³-hybridized carbons (Fsp3) is 0.750. The van der Waals surface area contributed by atoms with Crippen molar-refractivity contribution in [3.05, 3.63) is 11.3 Å². The Morgan fingerprint density at radius 3 is 2.62 bits per heavy atom. The molecule has 1 fully saturated rings. The molecule has 16 heavy (non-hydrogen) atoms. The second kappa shape index (κ2) is 4.09. The zero-order valence-electron chi connectivity index (χ0n) is 9.61. The fourth-order valence-corrected chi connectivity index (χ4v) is 2.89. The highest BCUT2D eigenvalue weighted by Gasteiger charge is 2.26. The van der Waals surface area contributed by atoms with Gasteiger partial charge < -0.3 is 10.5 Å². The van der Waals surface area contributed by atoms with Gasteiger partial charge in [-0.1, -0.05) is 25.7 Å². The van der Waals surface area contributed by atoms with Crippen LogP contribution in [0.3, 0.4) is 0 Å². The van der Waals surface area contributed by atoms with Crippen LogP contribution in [-0.2, 0) is 18.0 Å². The van der Waals surface area contributed by atoms with Gasteiger partial charge in [-0.25, -0.2) is 0 Å². The molecule has 1 aromatic rings. The minimum Gasteiger partial charge on any atom is -0.382 e. The van der Waals surface area contributed by atoms with Crippen molar-refractivity contribution < 1.29 is 4.74 Å². The third kappa shape index (κ3) is 1.61. The van der Waals surface area contributed by atoms with E-state index in [-0.39, 0.29) is 0 Å². The molecule has 0 atom stereocenters. The molecule has 88 valence electrons. The quantitative estimate of drug-likeness (QED) is 0.741. The fourth-order valence-electron chi connectivity index (χ4n) is 2.89. The van der Waals surface area contributed by atoms with E-state index in [9.17, 15) is 0 Å². The summed E-state index contributed by atoms with van der Waals surface area (Å²) in [6, 6.07) is 0.551. The van der Waals surface area contributed by atoms with Gasteiger partial charge in [-0.3, -0.25) is 4.68 Å². The maximum atomic E-state index is 5.93. The third-order valence-electron chi connectivity index (χ3n) is 3.81. The Labute approximate surface area is 95.8 Å². The molecular weight excluding hydrogens is 202 g/mol. The number of aromatic nitrogens is 2. The van der Waals surface area contributed by atoms with Crippen LogP contribution < -0.4 is 5.73 Å². The number of nitrogen functional groups attached to an aromatic ring is 1. The van der Waals surface area contributed by atoms with E-state index in [4.69, 9.17) is 10.5 Å². The summed E-state index contributed by atoms with van der Waals surface area (Å²) in [5.41, 5.74) is 8.28. The van der Waals surface area contributed by atoms with E-state index in [1.165, 1.54) is 44.2 Å². The molecule has 1 saturated carbocycles. The molecule has 0 saturated heterocycles. The second-order valence-corrected chi connectivity index (χ2v) is 4.89. The molecule has 0 radical (unpaired) electrons. The first-order valence-electron chi connectivity index (χ1n) is 6.30. The van der Waals surface area contributed by atoms with Gasteiger partial charge in [0.1, 0.15) is 0 Å². The van der Waals surface area contributed by atoms with Crippen molar-refractivity contribution in [1.82, 2.24) is 9.78 Å². The van der Waals surface area contributed by atoms with E-state index in [1.54, 1.807) is 0 Å². The van der Waals surface area contributed by atoms with Crippen molar-refractivity contribution in [3.8, 4) is 0 Å². The highest BCUT2D eigenvalue weighted by atomic mass is 16.5. The topological polar surface area (TPSA) is 53.1 Å². The van der Waals surface area contributed by atoms with Gasteiger partial charge in [0, 0.05) is 5.56 Å². The Bertz CT molecular complexity index is 378. The Morgan fingerprint density at radius 1 is 1.12 bits per heavy atom. The van der Waals surface area contributed by atoms with Crippen LogP contribution in [0, 0.1) is 0 Å². The van der Waals surface area contributed by atoms with Crippen molar-refractivity contribution >= 4 is 5.82 Å². The summed E-state index contributed by atoms with van der Waals surface area (Å²) >= 11 is 0. The zero-order valence-corrected chi connectivity index (χ0v) is 9.61. The van der Waals surface area contributed by atoms with Crippen LogP contribution in [0.1, 0.15) is 55.8 Å². The summed E-state index contributed by atoms with van der Waals surface area (Å²) in [7, 11) is 0. The van der Waals surface area contributed by atoms with Crippen LogP contribution in [0.15, 0.2) is 0 Å². The first-order valence-corrected chi connectivity index (χ1v) is 6.30. The van der Waals surface area contributed by atoms with Crippen LogP contribution in [0.5, 0.6) is 0 Å². The van der Waals surface area contributed by atoms with Crippen LogP contribution in [0.4, 0.5) is 5.82 Å². The molecule has 4 heteroatoms. The minimum absolute atomic E-state index is 0.551. The molecule has 3 rings (SSSR count). The molecule has 0 aromatic carbocycles. The van der Waals surface area contributed by atoms with E-state index in [0.717, 1.165) is 5.56 Å². The SMILES string of the molecule is Nc1nn(C2CCCCCC2)c2c1COC2. The molecule has 4 nitrogen and oxygen atoms in total. The van der Waals surface area contributed by atoms with E-state index in [0.29, 0.717) is 25.1 Å². The summed E-state index contributed by atoms with van der Waals surface area (Å²) in [5.74, 6) is 0.678. The van der Waals surface area contributed by atoms with Gasteiger partial charge in [0.05, 0.1) is 24.9 Å². The van der Waals surface area contributed by atoms with Crippen molar-refractivity contribution in [2.75, 3.05) is 5.73 Å². The van der Waals surface area contributed by atoms with Crippen molar-refractivity contribution in [1.29, 1.82) is 0 Å². The molecule has 0 unspecified atom stereocenters. The van der Waals surface area contributed by atoms with E-state index in [1.807, 2.05) is 0 Å². The predicted octanol–water partition coefficient (Wildman–Crippen LogP) is 2.39. The summed E-state index contributed by atoms with van der Waals surface area (Å²) in [4.78, 5) is 0. The van der Waals surface area contributed by atoms with Gasteiger partial charge in [-0.2, -0.15) is 5.10 Å². The summed E-state index contributed by atoms with van der Waals surface area (Å²) < 4.78 is 7.61. The normalized spacial score (nSPS) is 22.0. The Balaban J connectivity index is 1.90. The molecule has 1 aromatic heterocycles. The lowest BCUT2D eigenvalue weighted by molar-refractivity contribution is 0.128. The largest absolute Gasteiger partial charge is 0.382 e. The van der Waals surface area contributed by atoms with Gasteiger partial charge in [-0.05, 0) is 12.8 Å². The van der Waals surface area contributed by atoms with Crippen molar-refractivity contribution in [3.63, 3.8) is 0 Å². The number of rotatable bonds is 1. The van der Waals surface area contributed by atoms with Gasteiger partial charge in [0.25, 0.3) is 0 Å². The predicted molar refractivity (Wildman–Crippen MR) is 61.9 cm³/mol. The monoisotopic (exact) mass is 221 g/mol. The molecule has 0 spiro atoms. The van der Waals surface area contributed by atoms with Crippen LogP contribution in [-0.4, -0.2) is 9.78 Å². The Kier molecular flexibility index (Phi) is 2.59. The number of hydrogen-bond donors (Lipinski definition) is 1. The molecule has 2 aliphatic rings. The summed E-state index contributed by atoms with van der Waals surface area (Å²) in [6.07, 6.45) is 7.86. The van der Waals surface area contributed by atoms with Gasteiger partial charge >= 0.3 is 0 Å². The number of hydrogen-bond acceptors (Lipinski definition) is 3. The lowest BCUT2D eigenvalue weighted by atomic mass is 10.1. The first-order chi connectivity index (χ1) is 7.86. The highest BCUT2D eigenvalue weighted by Crippen LogP contribution is 2.33. The maximum Gasteiger partial charge on any atom is 0.151 e. The van der Waals surface area contributed by atoms with E-state index >= 15 is 0 Å². The van der Waals surface area contributed by atoms with Crippen molar-refractivity contribution in [2.24, 2.45) is 0 Å². The molecule has 2 N–H and O–H groups in total. The first kappa shape index (κ1) is 10.1. The molecule has 2 heterocycles. The van der Waals surface area contributed by atoms with Crippen LogP contribution >= 0.6 is 0 Å². The third-order valence-corrected chi connectivity index (χ3v) is 3.81. The standard InChI is InChI=1S/C12H19N3O/c13-12-10-7-16-8-11(10)15(14-12)9-5-3-1-2-4-6-9/h9H,1-8H2,(H2,13,14). The second-order valence-electron chi connectivity index (χ2n) is 4.89. The Hall–Kier alpha value is -1.03. The van der Waals surface area contributed by atoms with Crippen molar-refractivity contribution in [2.45, 2.75) is 57.8 Å². The van der Waals surface area contributed by atoms with Gasteiger partial charge in [-0.15, -0.1) is 0 Å². The minimum atomic E-state index is 0.551. The van der Waals surface area contributed by atoms with E-state index in [2.05, 4.69) is 9.78 Å². The molecule has 0 bridgehead atoms. The number of anilines is 1. The zero-order chi connectivity index (χ0) is 11.0. The number of fused-ring (bicyclic) bond motifs is 1. The summed E-state index contributed by atoms with van der Waals surface area (Å²) in [6.45, 7) is 1.34. The number of ether oxygens (including phenoxy) is 1.